The molecule has 0 aliphatic carbocycles. The zero-order valence-corrected chi connectivity index (χ0v) is 18.6. The first-order chi connectivity index (χ1) is 14.5. The summed E-state index contributed by atoms with van der Waals surface area (Å²) < 4.78 is 11.3. The van der Waals surface area contributed by atoms with Gasteiger partial charge in [0.2, 0.25) is 11.8 Å². The van der Waals surface area contributed by atoms with Gasteiger partial charge in [-0.3, -0.25) is 24.6 Å². The summed E-state index contributed by atoms with van der Waals surface area (Å²) in [4.78, 5) is 41.1. The van der Waals surface area contributed by atoms with Crippen LogP contribution in [0.15, 0.2) is 18.2 Å². The Labute approximate surface area is 181 Å². The third-order valence-electron chi connectivity index (χ3n) is 6.93. The van der Waals surface area contributed by atoms with E-state index in [4.69, 9.17) is 9.47 Å². The minimum atomic E-state index is -1.54. The molecule has 3 heterocycles. The second-order valence-corrected chi connectivity index (χ2v) is 9.69. The Morgan fingerprint density at radius 3 is 2.45 bits per heavy atom. The van der Waals surface area contributed by atoms with Crippen molar-refractivity contribution in [3.63, 3.8) is 0 Å². The highest BCUT2D eigenvalue weighted by molar-refractivity contribution is 6.10. The summed E-state index contributed by atoms with van der Waals surface area (Å²) in [5.41, 5.74) is -1.57. The maximum Gasteiger partial charge on any atom is 0.325 e. The van der Waals surface area contributed by atoms with Gasteiger partial charge < -0.3 is 14.6 Å². The van der Waals surface area contributed by atoms with Crippen LogP contribution in [0.1, 0.15) is 52.6 Å². The summed E-state index contributed by atoms with van der Waals surface area (Å²) in [5, 5.41) is 13.6. The number of carbonyl (C=O) groups is 3. The van der Waals surface area contributed by atoms with E-state index in [0.717, 1.165) is 0 Å². The van der Waals surface area contributed by atoms with E-state index in [-0.39, 0.29) is 11.8 Å². The molecule has 2 amide bonds. The number of amides is 2. The van der Waals surface area contributed by atoms with E-state index in [1.54, 1.807) is 32.9 Å². The van der Waals surface area contributed by atoms with Crippen LogP contribution in [-0.4, -0.2) is 52.1 Å². The van der Waals surface area contributed by atoms with Crippen molar-refractivity contribution < 1.29 is 29.0 Å². The average Bonchev–Trinajstić information content (AvgIpc) is 3.21. The number of carbonyl (C=O) groups excluding carboxylic acids is 2. The molecule has 5 unspecified atom stereocenters. The first kappa shape index (κ1) is 21.6. The number of hydrogen-bond donors (Lipinski definition) is 2. The smallest absolute Gasteiger partial charge is 0.325 e. The van der Waals surface area contributed by atoms with Gasteiger partial charge in [0.15, 0.2) is 11.5 Å². The molecule has 3 aliphatic rings. The highest BCUT2D eigenvalue weighted by Gasteiger charge is 2.70. The second kappa shape index (κ2) is 7.22. The van der Waals surface area contributed by atoms with Crippen LogP contribution in [0.25, 0.3) is 0 Å². The molecule has 0 saturated carbocycles. The maximum atomic E-state index is 13.6. The van der Waals surface area contributed by atoms with Gasteiger partial charge in [-0.1, -0.05) is 26.3 Å². The number of likely N-dealkylation sites (tertiary alicyclic amines) is 1. The Morgan fingerprint density at radius 2 is 1.87 bits per heavy atom. The Hall–Kier alpha value is -2.61. The summed E-state index contributed by atoms with van der Waals surface area (Å²) >= 11 is 0. The Kier molecular flexibility index (Phi) is 5.04. The fourth-order valence-corrected chi connectivity index (χ4v) is 5.32. The Balaban J connectivity index is 1.87. The highest BCUT2D eigenvalue weighted by atomic mass is 16.6. The van der Waals surface area contributed by atoms with Crippen molar-refractivity contribution in [3.05, 3.63) is 23.8 Å². The molecule has 0 aromatic heterocycles. The van der Waals surface area contributed by atoms with Gasteiger partial charge in [0.25, 0.3) is 0 Å². The molecule has 8 nitrogen and oxygen atoms in total. The molecule has 1 aromatic carbocycles. The zero-order valence-electron chi connectivity index (χ0n) is 18.6. The quantitative estimate of drug-likeness (QED) is 0.707. The van der Waals surface area contributed by atoms with E-state index >= 15 is 0 Å². The molecule has 2 N–H and O–H groups in total. The third-order valence-corrected chi connectivity index (χ3v) is 6.93. The first-order valence-electron chi connectivity index (χ1n) is 10.8. The Morgan fingerprint density at radius 1 is 1.23 bits per heavy atom. The van der Waals surface area contributed by atoms with Crippen LogP contribution in [0, 0.1) is 17.8 Å². The van der Waals surface area contributed by atoms with Gasteiger partial charge in [0.05, 0.1) is 11.8 Å². The molecule has 5 atom stereocenters. The van der Waals surface area contributed by atoms with Crippen LogP contribution in [-0.2, 0) is 14.4 Å². The van der Waals surface area contributed by atoms with Gasteiger partial charge in [0.1, 0.15) is 18.8 Å². The maximum absolute atomic E-state index is 13.6. The number of nitrogens with zero attached hydrogens (tertiary/aromatic N) is 1. The molecule has 0 spiro atoms. The van der Waals surface area contributed by atoms with Crippen LogP contribution < -0.4 is 14.8 Å². The summed E-state index contributed by atoms with van der Waals surface area (Å²) in [6, 6.07) is 4.74. The minimum Gasteiger partial charge on any atom is -0.486 e. The van der Waals surface area contributed by atoms with Crippen LogP contribution in [0.3, 0.4) is 0 Å². The van der Waals surface area contributed by atoms with Crippen molar-refractivity contribution in [2.75, 3.05) is 13.2 Å². The van der Waals surface area contributed by atoms with Crippen molar-refractivity contribution in [2.24, 2.45) is 17.8 Å². The van der Waals surface area contributed by atoms with Gasteiger partial charge in [-0.2, -0.15) is 0 Å². The number of carboxylic acids is 1. The van der Waals surface area contributed by atoms with Crippen molar-refractivity contribution in [1.82, 2.24) is 10.2 Å². The number of imide groups is 1. The number of hydrogen-bond acceptors (Lipinski definition) is 6. The van der Waals surface area contributed by atoms with Crippen LogP contribution in [0.5, 0.6) is 11.5 Å². The number of aliphatic carboxylic acids is 1. The molecule has 2 saturated heterocycles. The summed E-state index contributed by atoms with van der Waals surface area (Å²) in [5.74, 6) is -2.84. The lowest BCUT2D eigenvalue weighted by Gasteiger charge is -2.38. The number of benzene rings is 1. The largest absolute Gasteiger partial charge is 0.486 e. The molecule has 168 valence electrons. The van der Waals surface area contributed by atoms with E-state index in [1.165, 1.54) is 4.90 Å². The summed E-state index contributed by atoms with van der Waals surface area (Å²) in [7, 11) is 0. The van der Waals surface area contributed by atoms with E-state index in [1.807, 2.05) is 19.9 Å². The second-order valence-electron chi connectivity index (χ2n) is 9.69. The van der Waals surface area contributed by atoms with Crippen molar-refractivity contribution in [1.29, 1.82) is 0 Å². The molecular weight excluding hydrogens is 400 g/mol. The molecule has 0 radical (unpaired) electrons. The predicted octanol–water partition coefficient (Wildman–Crippen LogP) is 2.37. The number of nitrogens with one attached hydrogen (secondary N) is 1. The third kappa shape index (κ3) is 3.03. The van der Waals surface area contributed by atoms with Gasteiger partial charge in [-0.25, -0.2) is 0 Å². The van der Waals surface area contributed by atoms with Gasteiger partial charge in [0, 0.05) is 11.6 Å². The van der Waals surface area contributed by atoms with E-state index in [2.05, 4.69) is 5.32 Å². The highest BCUT2D eigenvalue weighted by Crippen LogP contribution is 2.53. The van der Waals surface area contributed by atoms with Gasteiger partial charge in [-0.15, -0.1) is 0 Å². The van der Waals surface area contributed by atoms with Crippen LogP contribution in [0.2, 0.25) is 0 Å². The monoisotopic (exact) mass is 430 g/mol. The van der Waals surface area contributed by atoms with Gasteiger partial charge >= 0.3 is 5.97 Å². The van der Waals surface area contributed by atoms with Crippen molar-refractivity contribution >= 4 is 17.8 Å². The van der Waals surface area contributed by atoms with Crippen molar-refractivity contribution in [2.45, 2.75) is 58.2 Å². The lowest BCUT2D eigenvalue weighted by Crippen LogP contribution is -2.60. The zero-order chi connectivity index (χ0) is 22.7. The number of rotatable bonds is 4. The average molecular weight is 431 g/mol. The van der Waals surface area contributed by atoms with Crippen LogP contribution in [0.4, 0.5) is 0 Å². The van der Waals surface area contributed by atoms with E-state index in [0.29, 0.717) is 36.7 Å². The molecule has 2 fully saturated rings. The minimum absolute atomic E-state index is 0.332. The molecule has 31 heavy (non-hydrogen) atoms. The lowest BCUT2D eigenvalue weighted by atomic mass is 9.72. The number of fused-ring (bicyclic) bond motifs is 2. The number of carboxylic acid groups (broad SMARTS) is 1. The fourth-order valence-electron chi connectivity index (χ4n) is 5.32. The molecular formula is C23H30N2O6. The SMILES string of the molecule is CCC(C)C1(C(=O)O)NC(c2ccc3c(c2)OCCO3)C2C(=O)N(C(C)(C)C)C(=O)C21. The predicted molar refractivity (Wildman–Crippen MR) is 112 cm³/mol. The topological polar surface area (TPSA) is 105 Å². The van der Waals surface area contributed by atoms with E-state index in [9.17, 15) is 19.5 Å². The normalized spacial score (nSPS) is 31.0. The molecule has 8 heteroatoms. The first-order valence-corrected chi connectivity index (χ1v) is 10.8. The van der Waals surface area contributed by atoms with E-state index < -0.39 is 40.8 Å². The summed E-state index contributed by atoms with van der Waals surface area (Å²) in [6.45, 7) is 9.98. The van der Waals surface area contributed by atoms with Crippen LogP contribution >= 0.6 is 0 Å². The Bertz CT molecular complexity index is 938. The molecule has 4 rings (SSSR count). The van der Waals surface area contributed by atoms with Gasteiger partial charge in [-0.05, 0) is 44.4 Å². The summed E-state index contributed by atoms with van der Waals surface area (Å²) in [6.07, 6.45) is 0.549. The molecule has 3 aliphatic heterocycles. The molecule has 1 aromatic rings. The van der Waals surface area contributed by atoms with Crippen molar-refractivity contribution in [3.8, 4) is 11.5 Å². The lowest BCUT2D eigenvalue weighted by molar-refractivity contribution is -0.156. The standard InChI is InChI=1S/C23H30N2O6/c1-6-12(2)23(21(28)29)17-16(19(26)25(20(17)27)22(3,4)5)18(24-23)13-7-8-14-15(11-13)31-10-9-30-14/h7-8,11-12,16-18,24H,6,9-10H2,1-5H3,(H,28,29). The number of ether oxygens (including phenoxy) is 2. The molecule has 0 bridgehead atoms. The fraction of sp³-hybridized carbons (Fsp3) is 0.609.